The maximum absolute atomic E-state index is 10.8. The average Bonchev–Trinajstić information content (AvgIpc) is 2.76. The van der Waals surface area contributed by atoms with Gasteiger partial charge in [0, 0.05) is 4.47 Å². The molecule has 2 aromatic rings. The molecular formula is C11H9BrN2O3. The molecule has 0 saturated carbocycles. The van der Waals surface area contributed by atoms with Gasteiger partial charge >= 0.3 is 5.97 Å². The van der Waals surface area contributed by atoms with E-state index in [-0.39, 0.29) is 12.2 Å². The molecular weight excluding hydrogens is 288 g/mol. The summed E-state index contributed by atoms with van der Waals surface area (Å²) < 4.78 is 6.40. The predicted molar refractivity (Wildman–Crippen MR) is 64.0 cm³/mol. The number of carbonyl (C=O) groups is 1. The number of H-pyrrole nitrogens is 1. The van der Waals surface area contributed by atoms with Gasteiger partial charge in [0.25, 0.3) is 0 Å². The number of carboxylic acid groups (broad SMARTS) is 1. The van der Waals surface area contributed by atoms with Gasteiger partial charge in [-0.3, -0.25) is 5.10 Å². The zero-order valence-corrected chi connectivity index (χ0v) is 10.3. The second-order valence-corrected chi connectivity index (χ2v) is 4.23. The Morgan fingerprint density at radius 1 is 1.41 bits per heavy atom. The van der Waals surface area contributed by atoms with Crippen LogP contribution in [0.4, 0.5) is 0 Å². The minimum atomic E-state index is -1.02. The zero-order valence-electron chi connectivity index (χ0n) is 8.68. The van der Waals surface area contributed by atoms with Crippen LogP contribution in [-0.2, 0) is 6.61 Å². The minimum Gasteiger partial charge on any atom is -0.487 e. The van der Waals surface area contributed by atoms with Crippen LogP contribution in [0.1, 0.15) is 16.1 Å². The number of benzene rings is 1. The summed E-state index contributed by atoms with van der Waals surface area (Å²) >= 11 is 3.32. The highest BCUT2D eigenvalue weighted by molar-refractivity contribution is 9.10. The normalized spacial score (nSPS) is 10.2. The van der Waals surface area contributed by atoms with Crippen LogP contribution in [0.5, 0.6) is 5.75 Å². The van der Waals surface area contributed by atoms with Crippen molar-refractivity contribution in [3.8, 4) is 5.75 Å². The van der Waals surface area contributed by atoms with E-state index in [1.165, 1.54) is 6.20 Å². The third-order valence-electron chi connectivity index (χ3n) is 2.15. The average molecular weight is 297 g/mol. The Morgan fingerprint density at radius 2 is 2.12 bits per heavy atom. The van der Waals surface area contributed by atoms with Gasteiger partial charge in [-0.25, -0.2) is 4.79 Å². The van der Waals surface area contributed by atoms with Crippen LogP contribution < -0.4 is 4.74 Å². The lowest BCUT2D eigenvalue weighted by atomic mass is 10.2. The maximum atomic E-state index is 10.8. The lowest BCUT2D eigenvalue weighted by molar-refractivity contribution is 0.0694. The maximum Gasteiger partial charge on any atom is 0.339 e. The summed E-state index contributed by atoms with van der Waals surface area (Å²) in [7, 11) is 0. The van der Waals surface area contributed by atoms with Crippen molar-refractivity contribution in [2.45, 2.75) is 6.61 Å². The molecule has 0 amide bonds. The summed E-state index contributed by atoms with van der Waals surface area (Å²) in [6, 6.07) is 7.28. The number of carboxylic acids is 1. The molecule has 2 rings (SSSR count). The van der Waals surface area contributed by atoms with Gasteiger partial charge in [-0.1, -0.05) is 15.9 Å². The molecule has 1 aromatic carbocycles. The summed E-state index contributed by atoms with van der Waals surface area (Å²) in [5.74, 6) is -0.354. The van der Waals surface area contributed by atoms with Crippen molar-refractivity contribution in [3.63, 3.8) is 0 Å². The molecule has 1 heterocycles. The molecule has 0 fully saturated rings. The van der Waals surface area contributed by atoms with Crippen molar-refractivity contribution in [2.75, 3.05) is 0 Å². The van der Waals surface area contributed by atoms with Gasteiger partial charge < -0.3 is 9.84 Å². The van der Waals surface area contributed by atoms with Crippen molar-refractivity contribution < 1.29 is 14.6 Å². The SMILES string of the molecule is O=C(O)c1cn[nH]c1COc1ccc(Br)cc1. The van der Waals surface area contributed by atoms with E-state index in [4.69, 9.17) is 9.84 Å². The Labute approximate surface area is 106 Å². The van der Waals surface area contributed by atoms with E-state index in [2.05, 4.69) is 26.1 Å². The minimum absolute atomic E-state index is 0.127. The van der Waals surface area contributed by atoms with Crippen LogP contribution in [0.15, 0.2) is 34.9 Å². The van der Waals surface area contributed by atoms with Crippen molar-refractivity contribution in [3.05, 3.63) is 46.2 Å². The molecule has 5 nitrogen and oxygen atoms in total. The van der Waals surface area contributed by atoms with E-state index in [1.807, 2.05) is 12.1 Å². The number of hydrogen-bond donors (Lipinski definition) is 2. The standard InChI is InChI=1S/C11H9BrN2O3/c12-7-1-3-8(4-2-7)17-6-10-9(11(15)16)5-13-14-10/h1-5H,6H2,(H,13,14)(H,15,16). The lowest BCUT2D eigenvalue weighted by Crippen LogP contribution is -2.03. The fourth-order valence-corrected chi connectivity index (χ4v) is 1.56. The van der Waals surface area contributed by atoms with Crippen LogP contribution in [-0.4, -0.2) is 21.3 Å². The second kappa shape index (κ2) is 5.01. The molecule has 0 radical (unpaired) electrons. The molecule has 17 heavy (non-hydrogen) atoms. The Kier molecular flexibility index (Phi) is 3.43. The number of ether oxygens (including phenoxy) is 1. The quantitative estimate of drug-likeness (QED) is 0.909. The molecule has 6 heteroatoms. The van der Waals surface area contributed by atoms with Gasteiger partial charge in [-0.2, -0.15) is 5.10 Å². The van der Waals surface area contributed by atoms with E-state index >= 15 is 0 Å². The number of aromatic carboxylic acids is 1. The van der Waals surface area contributed by atoms with Gasteiger partial charge in [0.2, 0.25) is 0 Å². The largest absolute Gasteiger partial charge is 0.487 e. The lowest BCUT2D eigenvalue weighted by Gasteiger charge is -2.05. The highest BCUT2D eigenvalue weighted by Crippen LogP contribution is 2.17. The third-order valence-corrected chi connectivity index (χ3v) is 2.67. The second-order valence-electron chi connectivity index (χ2n) is 3.31. The topological polar surface area (TPSA) is 75.2 Å². The van der Waals surface area contributed by atoms with Gasteiger partial charge in [0.05, 0.1) is 11.9 Å². The molecule has 0 aliphatic heterocycles. The first-order chi connectivity index (χ1) is 8.16. The Balaban J connectivity index is 2.05. The third kappa shape index (κ3) is 2.85. The van der Waals surface area contributed by atoms with Crippen LogP contribution in [0, 0.1) is 0 Å². The Hall–Kier alpha value is -1.82. The van der Waals surface area contributed by atoms with Gasteiger partial charge in [-0.05, 0) is 24.3 Å². The van der Waals surface area contributed by atoms with Crippen molar-refractivity contribution in [1.82, 2.24) is 10.2 Å². The number of aromatic nitrogens is 2. The number of halogens is 1. The van der Waals surface area contributed by atoms with E-state index in [0.29, 0.717) is 11.4 Å². The summed E-state index contributed by atoms with van der Waals surface area (Å²) in [6.45, 7) is 0.142. The van der Waals surface area contributed by atoms with E-state index in [0.717, 1.165) is 4.47 Å². The molecule has 88 valence electrons. The van der Waals surface area contributed by atoms with Crippen LogP contribution in [0.25, 0.3) is 0 Å². The van der Waals surface area contributed by atoms with Gasteiger partial charge in [-0.15, -0.1) is 0 Å². The smallest absolute Gasteiger partial charge is 0.339 e. The molecule has 0 saturated heterocycles. The summed E-state index contributed by atoms with van der Waals surface area (Å²) in [5.41, 5.74) is 0.572. The number of hydrogen-bond acceptors (Lipinski definition) is 3. The summed E-state index contributed by atoms with van der Waals surface area (Å²) in [4.78, 5) is 10.8. The zero-order chi connectivity index (χ0) is 12.3. The first kappa shape index (κ1) is 11.7. The van der Waals surface area contributed by atoms with E-state index in [9.17, 15) is 4.79 Å². The van der Waals surface area contributed by atoms with Crippen molar-refractivity contribution >= 4 is 21.9 Å². The Bertz CT molecular complexity index is 522. The molecule has 0 spiro atoms. The fourth-order valence-electron chi connectivity index (χ4n) is 1.29. The van der Waals surface area contributed by atoms with E-state index in [1.54, 1.807) is 12.1 Å². The molecule has 0 aliphatic carbocycles. The Morgan fingerprint density at radius 3 is 2.76 bits per heavy atom. The molecule has 1 aromatic heterocycles. The highest BCUT2D eigenvalue weighted by Gasteiger charge is 2.12. The van der Waals surface area contributed by atoms with E-state index < -0.39 is 5.97 Å². The first-order valence-corrected chi connectivity index (χ1v) is 5.60. The molecule has 0 atom stereocenters. The van der Waals surface area contributed by atoms with Crippen molar-refractivity contribution in [1.29, 1.82) is 0 Å². The number of nitrogens with zero attached hydrogens (tertiary/aromatic N) is 1. The molecule has 2 N–H and O–H groups in total. The highest BCUT2D eigenvalue weighted by atomic mass is 79.9. The molecule has 0 aliphatic rings. The fraction of sp³-hybridized carbons (Fsp3) is 0.0909. The predicted octanol–water partition coefficient (Wildman–Crippen LogP) is 2.45. The summed E-state index contributed by atoms with van der Waals surface area (Å²) in [6.07, 6.45) is 1.27. The van der Waals surface area contributed by atoms with Crippen LogP contribution in [0.2, 0.25) is 0 Å². The molecule has 0 bridgehead atoms. The number of rotatable bonds is 4. The number of nitrogens with one attached hydrogen (secondary N) is 1. The summed E-state index contributed by atoms with van der Waals surface area (Å²) in [5, 5.41) is 15.1. The van der Waals surface area contributed by atoms with Gasteiger partial charge in [0.15, 0.2) is 0 Å². The van der Waals surface area contributed by atoms with Crippen LogP contribution in [0.3, 0.4) is 0 Å². The van der Waals surface area contributed by atoms with Crippen LogP contribution >= 0.6 is 15.9 Å². The van der Waals surface area contributed by atoms with Gasteiger partial charge in [0.1, 0.15) is 17.9 Å². The van der Waals surface area contributed by atoms with Crippen molar-refractivity contribution in [2.24, 2.45) is 0 Å². The molecule has 0 unspecified atom stereocenters. The number of aromatic amines is 1. The first-order valence-electron chi connectivity index (χ1n) is 4.80. The monoisotopic (exact) mass is 296 g/mol.